The monoisotopic (exact) mass is 178 g/mol. The molecular weight excluding hydrogens is 164 g/mol. The molecule has 0 N–H and O–H groups in total. The highest BCUT2D eigenvalue weighted by Gasteiger charge is 2.45. The molecule has 4 heteroatoms. The molecule has 0 spiro atoms. The zero-order valence-electron chi connectivity index (χ0n) is 6.91. The average molecular weight is 178 g/mol. The van der Waals surface area contributed by atoms with E-state index in [2.05, 4.69) is 0 Å². The van der Waals surface area contributed by atoms with Crippen molar-refractivity contribution in [2.24, 2.45) is 0 Å². The lowest BCUT2D eigenvalue weighted by Crippen LogP contribution is -2.52. The van der Waals surface area contributed by atoms with Gasteiger partial charge in [-0.15, -0.1) is 0 Å². The van der Waals surface area contributed by atoms with Crippen LogP contribution in [0.2, 0.25) is 0 Å². The van der Waals surface area contributed by atoms with Gasteiger partial charge < -0.3 is 4.74 Å². The van der Waals surface area contributed by atoms with E-state index >= 15 is 0 Å². The van der Waals surface area contributed by atoms with Crippen molar-refractivity contribution in [3.63, 3.8) is 0 Å². The van der Waals surface area contributed by atoms with Crippen molar-refractivity contribution in [2.75, 3.05) is 12.9 Å². The van der Waals surface area contributed by atoms with Crippen LogP contribution in [0.15, 0.2) is 0 Å². The molecule has 3 nitrogen and oxygen atoms in total. The molecule has 1 aliphatic heterocycles. The van der Waals surface area contributed by atoms with Gasteiger partial charge in [-0.3, -0.25) is 0 Å². The van der Waals surface area contributed by atoms with Crippen LogP contribution in [0, 0.1) is 0 Å². The lowest BCUT2D eigenvalue weighted by molar-refractivity contribution is 0.0983. The van der Waals surface area contributed by atoms with Gasteiger partial charge in [0.25, 0.3) is 0 Å². The normalized spacial score (nSPS) is 34.7. The van der Waals surface area contributed by atoms with Gasteiger partial charge in [-0.2, -0.15) is 0 Å². The Labute approximate surface area is 67.7 Å². The molecule has 0 radical (unpaired) electrons. The predicted molar refractivity (Wildman–Crippen MR) is 43.3 cm³/mol. The molecule has 0 aromatic rings. The molecule has 1 fully saturated rings. The maximum atomic E-state index is 11.1. The van der Waals surface area contributed by atoms with Crippen LogP contribution < -0.4 is 0 Å². The van der Waals surface area contributed by atoms with Gasteiger partial charge in [0.2, 0.25) is 0 Å². The lowest BCUT2D eigenvalue weighted by Gasteiger charge is -2.34. The maximum absolute atomic E-state index is 11.1. The van der Waals surface area contributed by atoms with Gasteiger partial charge in [-0.1, -0.05) is 13.3 Å². The summed E-state index contributed by atoms with van der Waals surface area (Å²) in [5.41, 5.74) is 0. The summed E-state index contributed by atoms with van der Waals surface area (Å²) >= 11 is 0. The third-order valence-corrected chi connectivity index (χ3v) is 4.40. The van der Waals surface area contributed by atoms with Crippen LogP contribution in [0.5, 0.6) is 0 Å². The summed E-state index contributed by atoms with van der Waals surface area (Å²) < 4.78 is 27.2. The van der Waals surface area contributed by atoms with E-state index in [1.165, 1.54) is 0 Å². The van der Waals surface area contributed by atoms with E-state index in [1.807, 2.05) is 6.92 Å². The molecule has 0 aromatic carbocycles. The van der Waals surface area contributed by atoms with Gasteiger partial charge in [0.05, 0.1) is 17.1 Å². The van der Waals surface area contributed by atoms with Crippen LogP contribution in [-0.4, -0.2) is 32.6 Å². The average Bonchev–Trinajstić information content (AvgIpc) is 1.96. The van der Waals surface area contributed by atoms with E-state index in [0.29, 0.717) is 0 Å². The molecule has 1 rings (SSSR count). The Morgan fingerprint density at radius 2 is 2.18 bits per heavy atom. The summed E-state index contributed by atoms with van der Waals surface area (Å²) in [6.07, 6.45) is 1.60. The Balaban J connectivity index is 2.57. The van der Waals surface area contributed by atoms with Crippen molar-refractivity contribution in [1.29, 1.82) is 0 Å². The number of methoxy groups -OCH3 is 1. The van der Waals surface area contributed by atoms with Gasteiger partial charge in [-0.25, -0.2) is 8.42 Å². The number of hydrogen-bond donors (Lipinski definition) is 0. The van der Waals surface area contributed by atoms with E-state index in [0.717, 1.165) is 12.8 Å². The van der Waals surface area contributed by atoms with E-state index in [4.69, 9.17) is 4.74 Å². The van der Waals surface area contributed by atoms with Gasteiger partial charge in [0, 0.05) is 7.11 Å². The lowest BCUT2D eigenvalue weighted by atomic mass is 10.1. The van der Waals surface area contributed by atoms with Crippen molar-refractivity contribution >= 4 is 9.84 Å². The smallest absolute Gasteiger partial charge is 0.158 e. The van der Waals surface area contributed by atoms with Crippen LogP contribution in [0.25, 0.3) is 0 Å². The second-order valence-electron chi connectivity index (χ2n) is 2.93. The van der Waals surface area contributed by atoms with Crippen molar-refractivity contribution in [2.45, 2.75) is 31.1 Å². The summed E-state index contributed by atoms with van der Waals surface area (Å²) in [4.78, 5) is 0. The van der Waals surface area contributed by atoms with Gasteiger partial charge in [0.1, 0.15) is 0 Å². The highest BCUT2D eigenvalue weighted by Crippen LogP contribution is 2.27. The first-order chi connectivity index (χ1) is 5.11. The summed E-state index contributed by atoms with van der Waals surface area (Å²) in [5, 5.41) is -0.225. The zero-order chi connectivity index (χ0) is 8.48. The topological polar surface area (TPSA) is 43.4 Å². The molecule has 0 amide bonds. The first kappa shape index (κ1) is 9.00. The minimum absolute atomic E-state index is 0.0417. The Morgan fingerprint density at radius 3 is 2.55 bits per heavy atom. The number of hydrogen-bond acceptors (Lipinski definition) is 3. The second kappa shape index (κ2) is 3.11. The largest absolute Gasteiger partial charge is 0.379 e. The van der Waals surface area contributed by atoms with E-state index in [9.17, 15) is 8.42 Å². The summed E-state index contributed by atoms with van der Waals surface area (Å²) in [7, 11) is -1.20. The molecule has 1 aliphatic rings. The number of rotatable bonds is 3. The van der Waals surface area contributed by atoms with Crippen molar-refractivity contribution < 1.29 is 13.2 Å². The third-order valence-electron chi connectivity index (χ3n) is 2.15. The molecule has 0 aliphatic carbocycles. The highest BCUT2D eigenvalue weighted by atomic mass is 32.2. The Hall–Kier alpha value is -0.0900. The molecule has 1 heterocycles. The molecule has 2 unspecified atom stereocenters. The summed E-state index contributed by atoms with van der Waals surface area (Å²) in [5.74, 6) is 0.216. The third kappa shape index (κ3) is 1.56. The fourth-order valence-electron chi connectivity index (χ4n) is 1.44. The van der Waals surface area contributed by atoms with Crippen LogP contribution in [-0.2, 0) is 14.6 Å². The summed E-state index contributed by atoms with van der Waals surface area (Å²) in [6.45, 7) is 1.99. The van der Waals surface area contributed by atoms with E-state index in [-0.39, 0.29) is 17.1 Å². The standard InChI is InChI=1S/C7H14O3S/c1-3-4-7-6(10-2)5-11(7,8)9/h6-7H,3-5H2,1-2H3. The minimum Gasteiger partial charge on any atom is -0.379 e. The van der Waals surface area contributed by atoms with Crippen molar-refractivity contribution in [3.05, 3.63) is 0 Å². The van der Waals surface area contributed by atoms with Crippen molar-refractivity contribution in [3.8, 4) is 0 Å². The first-order valence-corrected chi connectivity index (χ1v) is 5.57. The van der Waals surface area contributed by atoms with Gasteiger partial charge in [-0.05, 0) is 6.42 Å². The highest BCUT2D eigenvalue weighted by molar-refractivity contribution is 7.93. The Kier molecular flexibility index (Phi) is 2.54. The van der Waals surface area contributed by atoms with Gasteiger partial charge >= 0.3 is 0 Å². The Morgan fingerprint density at radius 1 is 1.55 bits per heavy atom. The van der Waals surface area contributed by atoms with Crippen molar-refractivity contribution in [1.82, 2.24) is 0 Å². The molecule has 0 aromatic heterocycles. The molecule has 66 valence electrons. The fraction of sp³-hybridized carbons (Fsp3) is 1.00. The predicted octanol–water partition coefficient (Wildman–Crippen LogP) is 0.599. The summed E-state index contributed by atoms with van der Waals surface area (Å²) in [6, 6.07) is 0. The minimum atomic E-state index is -2.77. The van der Waals surface area contributed by atoms with E-state index in [1.54, 1.807) is 7.11 Å². The SMILES string of the molecule is CCCC1C(OC)CS1(=O)=O. The molecule has 11 heavy (non-hydrogen) atoms. The van der Waals surface area contributed by atoms with Gasteiger partial charge in [0.15, 0.2) is 9.84 Å². The first-order valence-electron chi connectivity index (χ1n) is 3.86. The molecule has 0 saturated carbocycles. The number of sulfone groups is 1. The fourth-order valence-corrected chi connectivity index (χ4v) is 3.42. The zero-order valence-corrected chi connectivity index (χ0v) is 7.73. The van der Waals surface area contributed by atoms with Crippen LogP contribution in [0.3, 0.4) is 0 Å². The maximum Gasteiger partial charge on any atom is 0.158 e. The molecule has 1 saturated heterocycles. The van der Waals surface area contributed by atoms with Crippen LogP contribution in [0.1, 0.15) is 19.8 Å². The number of ether oxygens (including phenoxy) is 1. The van der Waals surface area contributed by atoms with Crippen LogP contribution >= 0.6 is 0 Å². The quantitative estimate of drug-likeness (QED) is 0.635. The molecular formula is C7H14O3S. The van der Waals surface area contributed by atoms with E-state index < -0.39 is 9.84 Å². The second-order valence-corrected chi connectivity index (χ2v) is 5.20. The molecule has 0 bridgehead atoms. The molecule has 2 atom stereocenters. The van der Waals surface area contributed by atoms with Crippen LogP contribution in [0.4, 0.5) is 0 Å². The Bertz CT molecular complexity index is 220.